The highest BCUT2D eigenvalue weighted by molar-refractivity contribution is 6.35. The minimum atomic E-state index is -0.283. The van der Waals surface area contributed by atoms with Crippen LogP contribution >= 0.6 is 23.2 Å². The van der Waals surface area contributed by atoms with Gasteiger partial charge in [-0.05, 0) is 44.5 Å². The van der Waals surface area contributed by atoms with Gasteiger partial charge in [-0.2, -0.15) is 14.9 Å². The van der Waals surface area contributed by atoms with Crippen molar-refractivity contribution in [2.75, 3.05) is 5.73 Å². The molecule has 3 rings (SSSR count). The van der Waals surface area contributed by atoms with Crippen molar-refractivity contribution in [2.45, 2.75) is 27.3 Å². The van der Waals surface area contributed by atoms with Crippen LogP contribution in [0.15, 0.2) is 40.2 Å². The van der Waals surface area contributed by atoms with Crippen molar-refractivity contribution in [3.8, 4) is 0 Å². The molecular weight excluding hydrogens is 385 g/mol. The lowest BCUT2D eigenvalue weighted by molar-refractivity contribution is 0.659. The summed E-state index contributed by atoms with van der Waals surface area (Å²) in [4.78, 5) is 12.1. The largest absolute Gasteiger partial charge is 0.384 e. The topological polar surface area (TPSA) is 78.2 Å². The third-order valence-electron chi connectivity index (χ3n) is 4.29. The Labute approximate surface area is 166 Å². The maximum Gasteiger partial charge on any atom is 0.273 e. The molecule has 0 aliphatic heterocycles. The van der Waals surface area contributed by atoms with Gasteiger partial charge in [0, 0.05) is 32.9 Å². The van der Waals surface area contributed by atoms with Crippen LogP contribution in [0.3, 0.4) is 0 Å². The second-order valence-corrected chi connectivity index (χ2v) is 7.11. The van der Waals surface area contributed by atoms with Gasteiger partial charge < -0.3 is 5.73 Å². The van der Waals surface area contributed by atoms with Gasteiger partial charge in [0.25, 0.3) is 5.56 Å². The van der Waals surface area contributed by atoms with E-state index in [2.05, 4.69) is 10.2 Å². The molecule has 0 amide bonds. The number of benzene rings is 1. The number of pyridine rings is 1. The van der Waals surface area contributed by atoms with Crippen molar-refractivity contribution in [3.05, 3.63) is 78.8 Å². The highest BCUT2D eigenvalue weighted by Crippen LogP contribution is 2.26. The lowest BCUT2D eigenvalue weighted by Crippen LogP contribution is -2.19. The van der Waals surface area contributed by atoms with Gasteiger partial charge in [-0.15, -0.1) is 0 Å². The summed E-state index contributed by atoms with van der Waals surface area (Å²) in [6.07, 6.45) is 1.59. The molecule has 0 unspecified atom stereocenters. The van der Waals surface area contributed by atoms with E-state index < -0.39 is 0 Å². The van der Waals surface area contributed by atoms with Crippen LogP contribution in [0.1, 0.15) is 28.1 Å². The molecule has 27 heavy (non-hydrogen) atoms. The van der Waals surface area contributed by atoms with Crippen molar-refractivity contribution in [1.29, 1.82) is 0 Å². The molecule has 0 fully saturated rings. The Morgan fingerprint density at radius 1 is 1.19 bits per heavy atom. The van der Waals surface area contributed by atoms with E-state index in [1.165, 1.54) is 6.07 Å². The molecule has 6 nitrogen and oxygen atoms in total. The standard InChI is InChI=1S/C19H19Cl2N5O/c1-11-7-18(22)26(19(27)8-11)23-9-14-12(2)24-25(13(14)3)10-15-16(20)5-4-6-17(15)21/h4-9H,10,22H2,1-3H3/b23-9-. The predicted octanol–water partition coefficient (Wildman–Crippen LogP) is 3.79. The number of aromatic nitrogens is 3. The number of halogens is 2. The van der Waals surface area contributed by atoms with E-state index in [9.17, 15) is 4.79 Å². The molecule has 3 aromatic rings. The molecule has 0 aliphatic rings. The van der Waals surface area contributed by atoms with Crippen LogP contribution in [0.25, 0.3) is 0 Å². The first-order valence-electron chi connectivity index (χ1n) is 8.28. The monoisotopic (exact) mass is 403 g/mol. The Hall–Kier alpha value is -2.57. The molecule has 1 aromatic carbocycles. The van der Waals surface area contributed by atoms with Gasteiger partial charge in [0.15, 0.2) is 0 Å². The Bertz CT molecular complexity index is 1080. The second-order valence-electron chi connectivity index (χ2n) is 6.29. The molecule has 0 saturated carbocycles. The quantitative estimate of drug-likeness (QED) is 0.672. The third kappa shape index (κ3) is 3.91. The molecule has 0 spiro atoms. The molecular formula is C19H19Cl2N5O. The summed E-state index contributed by atoms with van der Waals surface area (Å²) in [6.45, 7) is 6.04. The van der Waals surface area contributed by atoms with E-state index in [1.54, 1.807) is 30.5 Å². The zero-order valence-electron chi connectivity index (χ0n) is 15.2. The van der Waals surface area contributed by atoms with E-state index in [0.717, 1.165) is 32.8 Å². The Morgan fingerprint density at radius 2 is 1.85 bits per heavy atom. The normalized spacial score (nSPS) is 11.4. The van der Waals surface area contributed by atoms with Crippen LogP contribution in [-0.2, 0) is 6.54 Å². The number of hydrogen-bond donors (Lipinski definition) is 1. The van der Waals surface area contributed by atoms with Crippen LogP contribution in [0, 0.1) is 20.8 Å². The van der Waals surface area contributed by atoms with E-state index in [1.807, 2.05) is 25.5 Å². The summed E-state index contributed by atoms with van der Waals surface area (Å²) < 4.78 is 2.97. The van der Waals surface area contributed by atoms with Gasteiger partial charge >= 0.3 is 0 Å². The molecule has 0 aliphatic carbocycles. The van der Waals surface area contributed by atoms with Crippen LogP contribution in [0.2, 0.25) is 10.0 Å². The van der Waals surface area contributed by atoms with Crippen molar-refractivity contribution in [1.82, 2.24) is 14.5 Å². The van der Waals surface area contributed by atoms with E-state index in [0.29, 0.717) is 16.6 Å². The maximum absolute atomic E-state index is 12.1. The SMILES string of the molecule is Cc1cc(N)n(/N=C\c2c(C)nn(Cc3c(Cl)cccc3Cl)c2C)c(=O)c1. The zero-order chi connectivity index (χ0) is 19.7. The molecule has 2 heterocycles. The van der Waals surface area contributed by atoms with Gasteiger partial charge in [0.2, 0.25) is 0 Å². The fourth-order valence-electron chi connectivity index (χ4n) is 2.84. The van der Waals surface area contributed by atoms with Crippen molar-refractivity contribution >= 4 is 35.2 Å². The summed E-state index contributed by atoms with van der Waals surface area (Å²) in [7, 11) is 0. The fourth-order valence-corrected chi connectivity index (χ4v) is 3.36. The number of nitrogens with zero attached hydrogens (tertiary/aromatic N) is 4. The van der Waals surface area contributed by atoms with E-state index in [-0.39, 0.29) is 11.4 Å². The molecule has 2 aromatic heterocycles. The Balaban J connectivity index is 1.96. The molecule has 0 atom stereocenters. The van der Waals surface area contributed by atoms with Gasteiger partial charge in [0.1, 0.15) is 5.82 Å². The first kappa shape index (κ1) is 19.2. The average molecular weight is 404 g/mol. The van der Waals surface area contributed by atoms with Crippen molar-refractivity contribution < 1.29 is 0 Å². The average Bonchev–Trinajstić information content (AvgIpc) is 2.84. The highest BCUT2D eigenvalue weighted by Gasteiger charge is 2.13. The van der Waals surface area contributed by atoms with Gasteiger partial charge in [0.05, 0.1) is 18.5 Å². The maximum atomic E-state index is 12.1. The molecule has 0 saturated heterocycles. The lowest BCUT2D eigenvalue weighted by atomic mass is 10.2. The Kier molecular flexibility index (Phi) is 5.39. The zero-order valence-corrected chi connectivity index (χ0v) is 16.7. The van der Waals surface area contributed by atoms with E-state index >= 15 is 0 Å². The van der Waals surface area contributed by atoms with Crippen LogP contribution < -0.4 is 11.3 Å². The number of rotatable bonds is 4. The molecule has 0 bridgehead atoms. The van der Waals surface area contributed by atoms with Gasteiger partial charge in [-0.25, -0.2) is 0 Å². The predicted molar refractivity (Wildman–Crippen MR) is 110 cm³/mol. The lowest BCUT2D eigenvalue weighted by Gasteiger charge is -2.09. The third-order valence-corrected chi connectivity index (χ3v) is 5.00. The number of anilines is 1. The minimum Gasteiger partial charge on any atom is -0.384 e. The molecule has 0 radical (unpaired) electrons. The van der Waals surface area contributed by atoms with Crippen LogP contribution in [0.4, 0.5) is 5.82 Å². The number of aryl methyl sites for hydroxylation is 2. The van der Waals surface area contributed by atoms with Crippen molar-refractivity contribution in [3.63, 3.8) is 0 Å². The number of nitrogen functional groups attached to an aromatic ring is 1. The van der Waals surface area contributed by atoms with Gasteiger partial charge in [-0.1, -0.05) is 29.3 Å². The van der Waals surface area contributed by atoms with Gasteiger partial charge in [-0.3, -0.25) is 9.48 Å². The summed E-state index contributed by atoms with van der Waals surface area (Å²) >= 11 is 12.5. The highest BCUT2D eigenvalue weighted by atomic mass is 35.5. The molecule has 140 valence electrons. The number of nitrogens with two attached hydrogens (primary N) is 1. The molecule has 8 heteroatoms. The first-order chi connectivity index (χ1) is 12.8. The Morgan fingerprint density at radius 3 is 2.48 bits per heavy atom. The van der Waals surface area contributed by atoms with Crippen LogP contribution in [0.5, 0.6) is 0 Å². The summed E-state index contributed by atoms with van der Waals surface area (Å²) in [5.74, 6) is 0.279. The molecule has 2 N–H and O–H groups in total. The van der Waals surface area contributed by atoms with Crippen LogP contribution in [-0.4, -0.2) is 20.7 Å². The number of hydrogen-bond acceptors (Lipinski definition) is 4. The second kappa shape index (κ2) is 7.58. The summed E-state index contributed by atoms with van der Waals surface area (Å²) in [5, 5.41) is 9.97. The fraction of sp³-hybridized carbons (Fsp3) is 0.211. The smallest absolute Gasteiger partial charge is 0.273 e. The summed E-state index contributed by atoms with van der Waals surface area (Å²) in [6, 6.07) is 8.57. The first-order valence-corrected chi connectivity index (χ1v) is 9.04. The van der Waals surface area contributed by atoms with E-state index in [4.69, 9.17) is 28.9 Å². The minimum absolute atomic E-state index is 0.279. The summed E-state index contributed by atoms with van der Waals surface area (Å²) in [5.41, 5.74) is 9.68. The van der Waals surface area contributed by atoms with Crippen molar-refractivity contribution in [2.24, 2.45) is 5.10 Å².